The summed E-state index contributed by atoms with van der Waals surface area (Å²) in [5.74, 6) is 1.40. The number of nitrogens with zero attached hydrogens (tertiary/aromatic N) is 2. The average molecular weight is 371 g/mol. The van der Waals surface area contributed by atoms with Crippen LogP contribution in [-0.4, -0.2) is 36.5 Å². The molecule has 2 aromatic heterocycles. The summed E-state index contributed by atoms with van der Waals surface area (Å²) in [5.41, 5.74) is 2.95. The number of aryl methyl sites for hydroxylation is 1. The van der Waals surface area contributed by atoms with Gasteiger partial charge < -0.3 is 10.3 Å². The molecule has 0 radical (unpaired) electrons. The highest BCUT2D eigenvalue weighted by Crippen LogP contribution is 2.27. The van der Waals surface area contributed by atoms with Crippen LogP contribution in [0.4, 0.5) is 5.69 Å². The summed E-state index contributed by atoms with van der Waals surface area (Å²) in [6.45, 7) is 3.81. The SMILES string of the molecule is Cc1ccc(S(=O)(=O)Nc2ccc3nc(C4CCNCC4)[nH]c3c2)cn1. The summed E-state index contributed by atoms with van der Waals surface area (Å²) < 4.78 is 27.6. The van der Waals surface area contributed by atoms with E-state index in [9.17, 15) is 8.42 Å². The summed E-state index contributed by atoms with van der Waals surface area (Å²) >= 11 is 0. The molecule has 0 aliphatic carbocycles. The number of piperidine rings is 1. The number of hydrogen-bond acceptors (Lipinski definition) is 5. The summed E-state index contributed by atoms with van der Waals surface area (Å²) in [5, 5.41) is 3.35. The van der Waals surface area contributed by atoms with E-state index >= 15 is 0 Å². The number of rotatable bonds is 4. The fraction of sp³-hybridized carbons (Fsp3) is 0.333. The van der Waals surface area contributed by atoms with Gasteiger partial charge in [-0.15, -0.1) is 0 Å². The third-order valence-corrected chi connectivity index (χ3v) is 6.04. The molecule has 1 fully saturated rings. The molecule has 3 heterocycles. The van der Waals surface area contributed by atoms with E-state index in [-0.39, 0.29) is 4.90 Å². The fourth-order valence-electron chi connectivity index (χ4n) is 3.21. The Bertz CT molecular complexity index is 1020. The first-order chi connectivity index (χ1) is 12.5. The van der Waals surface area contributed by atoms with Gasteiger partial charge in [-0.3, -0.25) is 9.71 Å². The standard InChI is InChI=1S/C18H21N5O2S/c1-12-2-4-15(11-20-12)26(24,25)23-14-3-5-16-17(10-14)22-18(21-16)13-6-8-19-9-7-13/h2-5,10-11,13,19,23H,6-9H2,1H3,(H,21,22). The van der Waals surface area contributed by atoms with E-state index in [4.69, 9.17) is 0 Å². The minimum Gasteiger partial charge on any atom is -0.342 e. The van der Waals surface area contributed by atoms with Crippen LogP contribution in [-0.2, 0) is 10.0 Å². The maximum absolute atomic E-state index is 12.5. The van der Waals surface area contributed by atoms with Crippen LogP contribution in [0.15, 0.2) is 41.4 Å². The number of pyridine rings is 1. The Balaban J connectivity index is 1.59. The predicted molar refractivity (Wildman–Crippen MR) is 101 cm³/mol. The van der Waals surface area contributed by atoms with E-state index in [0.29, 0.717) is 11.6 Å². The van der Waals surface area contributed by atoms with E-state index in [0.717, 1.165) is 48.5 Å². The number of anilines is 1. The van der Waals surface area contributed by atoms with E-state index in [1.165, 1.54) is 6.20 Å². The lowest BCUT2D eigenvalue weighted by Crippen LogP contribution is -2.27. The number of benzene rings is 1. The minimum atomic E-state index is -3.67. The van der Waals surface area contributed by atoms with Gasteiger partial charge in [-0.05, 0) is 63.2 Å². The molecule has 7 nitrogen and oxygen atoms in total. The molecule has 0 bridgehead atoms. The second kappa shape index (κ2) is 6.69. The van der Waals surface area contributed by atoms with Crippen molar-refractivity contribution in [3.05, 3.63) is 48.0 Å². The number of hydrogen-bond donors (Lipinski definition) is 3. The van der Waals surface area contributed by atoms with Crippen molar-refractivity contribution >= 4 is 26.7 Å². The number of aromatic amines is 1. The van der Waals surface area contributed by atoms with E-state index in [1.54, 1.807) is 24.3 Å². The number of aromatic nitrogens is 3. The molecule has 0 amide bonds. The molecule has 4 rings (SSSR count). The van der Waals surface area contributed by atoms with Gasteiger partial charge in [-0.1, -0.05) is 0 Å². The van der Waals surface area contributed by atoms with Gasteiger partial charge in [-0.25, -0.2) is 13.4 Å². The van der Waals surface area contributed by atoms with Crippen LogP contribution in [0.25, 0.3) is 11.0 Å². The third-order valence-electron chi connectivity index (χ3n) is 4.67. The van der Waals surface area contributed by atoms with Gasteiger partial charge >= 0.3 is 0 Å². The largest absolute Gasteiger partial charge is 0.342 e. The molecule has 0 spiro atoms. The molecule has 0 saturated carbocycles. The van der Waals surface area contributed by atoms with Crippen molar-refractivity contribution in [2.24, 2.45) is 0 Å². The van der Waals surface area contributed by atoms with E-state index < -0.39 is 10.0 Å². The Labute approximate surface area is 152 Å². The van der Waals surface area contributed by atoms with Gasteiger partial charge in [0.15, 0.2) is 0 Å². The molecule has 1 saturated heterocycles. The molecule has 1 aliphatic rings. The van der Waals surface area contributed by atoms with E-state index in [2.05, 4.69) is 25.0 Å². The second-order valence-corrected chi connectivity index (χ2v) is 8.30. The van der Waals surface area contributed by atoms with Gasteiger partial charge in [0, 0.05) is 17.8 Å². The molecule has 8 heteroatoms. The van der Waals surface area contributed by atoms with Crippen molar-refractivity contribution in [2.75, 3.05) is 17.8 Å². The fourth-order valence-corrected chi connectivity index (χ4v) is 4.20. The summed E-state index contributed by atoms with van der Waals surface area (Å²) in [4.78, 5) is 12.2. The van der Waals surface area contributed by atoms with Gasteiger partial charge in [0.2, 0.25) is 0 Å². The van der Waals surface area contributed by atoms with Crippen molar-refractivity contribution in [1.29, 1.82) is 0 Å². The highest BCUT2D eigenvalue weighted by atomic mass is 32.2. The Morgan fingerprint density at radius 1 is 1.15 bits per heavy atom. The lowest BCUT2D eigenvalue weighted by Gasteiger charge is -2.20. The highest BCUT2D eigenvalue weighted by molar-refractivity contribution is 7.92. The monoisotopic (exact) mass is 371 g/mol. The van der Waals surface area contributed by atoms with Crippen LogP contribution in [0, 0.1) is 6.92 Å². The first kappa shape index (κ1) is 17.0. The maximum atomic E-state index is 12.5. The number of H-pyrrole nitrogens is 1. The van der Waals surface area contributed by atoms with Crippen LogP contribution in [0.1, 0.15) is 30.3 Å². The molecule has 26 heavy (non-hydrogen) atoms. The van der Waals surface area contributed by atoms with Gasteiger partial charge in [0.05, 0.1) is 16.7 Å². The first-order valence-electron chi connectivity index (χ1n) is 8.67. The topological polar surface area (TPSA) is 99.8 Å². The van der Waals surface area contributed by atoms with Gasteiger partial charge in [-0.2, -0.15) is 0 Å². The van der Waals surface area contributed by atoms with Crippen molar-refractivity contribution in [1.82, 2.24) is 20.3 Å². The number of sulfonamides is 1. The summed E-state index contributed by atoms with van der Waals surface area (Å²) in [6.07, 6.45) is 3.47. The third kappa shape index (κ3) is 3.42. The van der Waals surface area contributed by atoms with Crippen LogP contribution in [0.5, 0.6) is 0 Å². The number of nitrogens with one attached hydrogen (secondary N) is 3. The van der Waals surface area contributed by atoms with Crippen LogP contribution in [0.2, 0.25) is 0 Å². The van der Waals surface area contributed by atoms with Crippen LogP contribution in [0.3, 0.4) is 0 Å². The molecule has 1 aromatic carbocycles. The molecule has 136 valence electrons. The lowest BCUT2D eigenvalue weighted by atomic mass is 9.98. The zero-order valence-electron chi connectivity index (χ0n) is 14.5. The zero-order valence-corrected chi connectivity index (χ0v) is 15.3. The summed E-state index contributed by atoms with van der Waals surface area (Å²) in [7, 11) is -3.67. The minimum absolute atomic E-state index is 0.142. The van der Waals surface area contributed by atoms with Crippen LogP contribution < -0.4 is 10.0 Å². The smallest absolute Gasteiger partial charge is 0.263 e. The highest BCUT2D eigenvalue weighted by Gasteiger charge is 2.19. The first-order valence-corrected chi connectivity index (χ1v) is 10.2. The maximum Gasteiger partial charge on any atom is 0.263 e. The number of imidazole rings is 1. The lowest BCUT2D eigenvalue weighted by molar-refractivity contribution is 0.448. The van der Waals surface area contributed by atoms with Gasteiger partial charge in [0.1, 0.15) is 10.7 Å². The van der Waals surface area contributed by atoms with Crippen molar-refractivity contribution in [2.45, 2.75) is 30.6 Å². The van der Waals surface area contributed by atoms with Crippen molar-refractivity contribution in [3.8, 4) is 0 Å². The Morgan fingerprint density at radius 3 is 2.69 bits per heavy atom. The molecule has 3 aromatic rings. The zero-order chi connectivity index (χ0) is 18.1. The molecule has 1 aliphatic heterocycles. The second-order valence-electron chi connectivity index (χ2n) is 6.62. The van der Waals surface area contributed by atoms with Gasteiger partial charge in [0.25, 0.3) is 10.0 Å². The molecular formula is C18H21N5O2S. The van der Waals surface area contributed by atoms with E-state index in [1.807, 2.05) is 13.0 Å². The molecular weight excluding hydrogens is 350 g/mol. The molecule has 0 unspecified atom stereocenters. The average Bonchev–Trinajstić information content (AvgIpc) is 3.06. The quantitative estimate of drug-likeness (QED) is 0.654. The normalized spacial score (nSPS) is 16.0. The van der Waals surface area contributed by atoms with Crippen molar-refractivity contribution in [3.63, 3.8) is 0 Å². The Hall–Kier alpha value is -2.45. The molecule has 3 N–H and O–H groups in total. The molecule has 0 atom stereocenters. The Morgan fingerprint density at radius 2 is 1.96 bits per heavy atom. The Kier molecular flexibility index (Phi) is 4.37. The van der Waals surface area contributed by atoms with Crippen LogP contribution >= 0.6 is 0 Å². The predicted octanol–water partition coefficient (Wildman–Crippen LogP) is 2.53. The number of fused-ring (bicyclic) bond motifs is 1. The van der Waals surface area contributed by atoms with Crippen molar-refractivity contribution < 1.29 is 8.42 Å². The summed E-state index contributed by atoms with van der Waals surface area (Å²) in [6, 6.07) is 8.58.